The molecule has 33 heavy (non-hydrogen) atoms. The minimum atomic E-state index is -0.287. The molecule has 0 spiro atoms. The first-order chi connectivity index (χ1) is 15.9. The number of benzene rings is 2. The maximum Gasteiger partial charge on any atom is 0.263 e. The summed E-state index contributed by atoms with van der Waals surface area (Å²) in [5.41, 5.74) is 3.25. The Morgan fingerprint density at radius 2 is 1.82 bits per heavy atom. The lowest BCUT2D eigenvalue weighted by atomic mass is 10.0. The van der Waals surface area contributed by atoms with E-state index in [0.717, 1.165) is 27.4 Å². The second-order valence-electron chi connectivity index (χ2n) is 7.84. The third kappa shape index (κ3) is 4.75. The number of fused-ring (bicyclic) bond motifs is 1. The highest BCUT2D eigenvalue weighted by molar-refractivity contribution is 7.19. The van der Waals surface area contributed by atoms with E-state index in [1.165, 1.54) is 22.2 Å². The monoisotopic (exact) mass is 462 g/mol. The van der Waals surface area contributed by atoms with Gasteiger partial charge in [0.2, 0.25) is 5.91 Å². The minimum absolute atomic E-state index is 0.116. The van der Waals surface area contributed by atoms with Crippen LogP contribution >= 0.6 is 11.3 Å². The maximum absolute atomic E-state index is 13.3. The van der Waals surface area contributed by atoms with E-state index in [1.54, 1.807) is 0 Å². The number of thiophene rings is 1. The van der Waals surface area contributed by atoms with Crippen LogP contribution in [0.15, 0.2) is 59.7 Å². The molecule has 0 saturated heterocycles. The molecule has 0 aliphatic carbocycles. The third-order valence-electron chi connectivity index (χ3n) is 5.29. The molecule has 0 aliphatic rings. The summed E-state index contributed by atoms with van der Waals surface area (Å²) in [6.07, 6.45) is 1.44. The van der Waals surface area contributed by atoms with Gasteiger partial charge in [-0.1, -0.05) is 12.1 Å². The molecular weight excluding hydrogens is 436 g/mol. The summed E-state index contributed by atoms with van der Waals surface area (Å²) in [7, 11) is 3.91. The van der Waals surface area contributed by atoms with Crippen molar-refractivity contribution in [2.75, 3.05) is 30.9 Å². The molecule has 0 fully saturated rings. The van der Waals surface area contributed by atoms with E-state index in [2.05, 4.69) is 10.3 Å². The third-order valence-corrected chi connectivity index (χ3v) is 6.30. The van der Waals surface area contributed by atoms with Crippen molar-refractivity contribution in [2.45, 2.75) is 20.4 Å². The summed E-state index contributed by atoms with van der Waals surface area (Å²) in [4.78, 5) is 34.1. The summed E-state index contributed by atoms with van der Waals surface area (Å²) >= 11 is 1.48. The van der Waals surface area contributed by atoms with Crippen molar-refractivity contribution in [3.05, 3.63) is 70.1 Å². The number of hydrogen-bond donors (Lipinski definition) is 1. The predicted molar refractivity (Wildman–Crippen MR) is 135 cm³/mol. The Morgan fingerprint density at radius 3 is 2.45 bits per heavy atom. The zero-order valence-corrected chi connectivity index (χ0v) is 19.9. The van der Waals surface area contributed by atoms with Gasteiger partial charge in [0.1, 0.15) is 17.1 Å². The van der Waals surface area contributed by atoms with E-state index >= 15 is 0 Å². The Morgan fingerprint density at radius 1 is 1.12 bits per heavy atom. The number of carbonyl (C=O) groups is 1. The second-order valence-corrected chi connectivity index (χ2v) is 9.04. The molecule has 1 N–H and O–H groups in total. The normalized spacial score (nSPS) is 10.9. The molecule has 0 aliphatic heterocycles. The lowest BCUT2D eigenvalue weighted by molar-refractivity contribution is -0.116. The Kier molecular flexibility index (Phi) is 6.46. The molecule has 170 valence electrons. The fraction of sp³-hybridized carbons (Fsp3) is 0.240. The van der Waals surface area contributed by atoms with Crippen LogP contribution in [0.2, 0.25) is 0 Å². The van der Waals surface area contributed by atoms with Crippen LogP contribution in [0.3, 0.4) is 0 Å². The highest BCUT2D eigenvalue weighted by Crippen LogP contribution is 2.36. The number of rotatable bonds is 7. The molecule has 7 nitrogen and oxygen atoms in total. The first kappa shape index (κ1) is 22.5. The number of aromatic nitrogens is 2. The number of carbonyl (C=O) groups excluding carboxylic acids is 1. The molecule has 8 heteroatoms. The van der Waals surface area contributed by atoms with Crippen molar-refractivity contribution in [1.82, 2.24) is 9.55 Å². The fourth-order valence-corrected chi connectivity index (χ4v) is 4.68. The van der Waals surface area contributed by atoms with Crippen LogP contribution in [0.4, 0.5) is 11.4 Å². The molecule has 4 rings (SSSR count). The molecular formula is C25H26N4O3S. The zero-order valence-electron chi connectivity index (χ0n) is 19.1. The molecule has 0 unspecified atom stereocenters. The minimum Gasteiger partial charge on any atom is -0.494 e. The highest BCUT2D eigenvalue weighted by atomic mass is 32.1. The van der Waals surface area contributed by atoms with Crippen molar-refractivity contribution >= 4 is 38.8 Å². The number of aryl methyl sites for hydroxylation is 1. The number of anilines is 2. The van der Waals surface area contributed by atoms with Crippen LogP contribution in [0.25, 0.3) is 21.3 Å². The van der Waals surface area contributed by atoms with E-state index in [0.29, 0.717) is 22.5 Å². The Labute approximate surface area is 196 Å². The zero-order chi connectivity index (χ0) is 23.5. The Hall–Kier alpha value is -3.65. The number of nitrogens with one attached hydrogen (secondary N) is 1. The van der Waals surface area contributed by atoms with E-state index < -0.39 is 0 Å². The van der Waals surface area contributed by atoms with Crippen LogP contribution in [0, 0.1) is 6.92 Å². The van der Waals surface area contributed by atoms with Gasteiger partial charge in [0.15, 0.2) is 0 Å². The second kappa shape index (κ2) is 9.46. The number of ether oxygens (including phenoxy) is 1. The lowest BCUT2D eigenvalue weighted by Crippen LogP contribution is -2.27. The van der Waals surface area contributed by atoms with E-state index in [9.17, 15) is 9.59 Å². The first-order valence-electron chi connectivity index (χ1n) is 10.7. The van der Waals surface area contributed by atoms with Crippen molar-refractivity contribution in [2.24, 2.45) is 0 Å². The lowest BCUT2D eigenvalue weighted by Gasteiger charge is -2.13. The van der Waals surface area contributed by atoms with E-state index in [-0.39, 0.29) is 18.0 Å². The average molecular weight is 463 g/mol. The van der Waals surface area contributed by atoms with Gasteiger partial charge in [0.05, 0.1) is 18.3 Å². The number of nitrogens with zero attached hydrogens (tertiary/aromatic N) is 3. The molecule has 0 atom stereocenters. The van der Waals surface area contributed by atoms with Crippen LogP contribution in [-0.2, 0) is 11.3 Å². The van der Waals surface area contributed by atoms with Crippen LogP contribution < -0.4 is 20.5 Å². The van der Waals surface area contributed by atoms with Gasteiger partial charge in [-0.2, -0.15) is 0 Å². The highest BCUT2D eigenvalue weighted by Gasteiger charge is 2.18. The van der Waals surface area contributed by atoms with Crippen LogP contribution in [-0.4, -0.2) is 36.2 Å². The summed E-state index contributed by atoms with van der Waals surface area (Å²) in [5.74, 6) is 0.495. The van der Waals surface area contributed by atoms with Gasteiger partial charge in [-0.3, -0.25) is 14.2 Å². The van der Waals surface area contributed by atoms with Crippen molar-refractivity contribution < 1.29 is 9.53 Å². The van der Waals surface area contributed by atoms with Gasteiger partial charge in [-0.15, -0.1) is 11.3 Å². The summed E-state index contributed by atoms with van der Waals surface area (Å²) in [6, 6.07) is 15.2. The Bertz CT molecular complexity index is 1340. The average Bonchev–Trinajstić information content (AvgIpc) is 3.13. The molecule has 4 aromatic rings. The van der Waals surface area contributed by atoms with Crippen LogP contribution in [0.5, 0.6) is 5.75 Å². The topological polar surface area (TPSA) is 76.5 Å². The molecule has 2 aromatic carbocycles. The van der Waals surface area contributed by atoms with Gasteiger partial charge in [0.25, 0.3) is 5.56 Å². The van der Waals surface area contributed by atoms with Crippen molar-refractivity contribution in [3.8, 4) is 16.9 Å². The van der Waals surface area contributed by atoms with E-state index in [4.69, 9.17) is 4.74 Å². The Balaban J connectivity index is 1.61. The maximum atomic E-state index is 13.3. The SMILES string of the molecule is CCOc1ccc(-c2c(C)sc3ncn(CC(=O)Nc4ccc(N(C)C)cc4)c(=O)c23)cc1. The standard InChI is InChI=1S/C25H26N4O3S/c1-5-32-20-12-6-17(7-13-20)22-16(2)33-24-23(22)25(31)29(15-26-24)14-21(30)27-18-8-10-19(11-9-18)28(3)4/h6-13,15H,5,14H2,1-4H3,(H,27,30). The predicted octanol–water partition coefficient (Wildman–Crippen LogP) is 4.54. The fourth-order valence-electron chi connectivity index (χ4n) is 3.68. The largest absolute Gasteiger partial charge is 0.494 e. The summed E-state index contributed by atoms with van der Waals surface area (Å²) in [6.45, 7) is 4.39. The van der Waals surface area contributed by atoms with Crippen LogP contribution in [0.1, 0.15) is 11.8 Å². The molecule has 0 saturated carbocycles. The molecule has 0 bridgehead atoms. The van der Waals surface area contributed by atoms with Crippen molar-refractivity contribution in [1.29, 1.82) is 0 Å². The smallest absolute Gasteiger partial charge is 0.263 e. The van der Waals surface area contributed by atoms with Gasteiger partial charge in [-0.05, 0) is 55.8 Å². The molecule has 2 aromatic heterocycles. The van der Waals surface area contributed by atoms with Gasteiger partial charge < -0.3 is 15.0 Å². The first-order valence-corrected chi connectivity index (χ1v) is 11.5. The van der Waals surface area contributed by atoms with Gasteiger partial charge in [-0.25, -0.2) is 4.98 Å². The molecule has 0 radical (unpaired) electrons. The number of amides is 1. The summed E-state index contributed by atoms with van der Waals surface area (Å²) < 4.78 is 6.88. The quantitative estimate of drug-likeness (QED) is 0.436. The van der Waals surface area contributed by atoms with E-state index in [1.807, 2.05) is 81.4 Å². The van der Waals surface area contributed by atoms with Crippen molar-refractivity contribution in [3.63, 3.8) is 0 Å². The van der Waals surface area contributed by atoms with Gasteiger partial charge >= 0.3 is 0 Å². The molecule has 1 amide bonds. The van der Waals surface area contributed by atoms with Gasteiger partial charge in [0, 0.05) is 35.9 Å². The summed E-state index contributed by atoms with van der Waals surface area (Å²) in [5, 5.41) is 3.38. The molecule has 2 heterocycles. The number of hydrogen-bond acceptors (Lipinski definition) is 6.